The summed E-state index contributed by atoms with van der Waals surface area (Å²) in [6, 6.07) is 22.8. The van der Waals surface area contributed by atoms with E-state index in [2.05, 4.69) is 27.6 Å². The summed E-state index contributed by atoms with van der Waals surface area (Å²) in [6.45, 7) is 2.09. The van der Waals surface area contributed by atoms with Gasteiger partial charge in [0, 0.05) is 16.3 Å². The number of aromatic nitrogens is 3. The van der Waals surface area contributed by atoms with Crippen LogP contribution >= 0.6 is 35.0 Å². The highest BCUT2D eigenvalue weighted by molar-refractivity contribution is 7.98. The molecule has 0 radical (unpaired) electrons. The summed E-state index contributed by atoms with van der Waals surface area (Å²) in [4.78, 5) is 12.7. The van der Waals surface area contributed by atoms with Crippen molar-refractivity contribution in [2.45, 2.75) is 24.4 Å². The lowest BCUT2D eigenvalue weighted by Crippen LogP contribution is -2.25. The van der Waals surface area contributed by atoms with Crippen LogP contribution in [0.2, 0.25) is 10.0 Å². The monoisotopic (exact) mass is 482 g/mol. The van der Waals surface area contributed by atoms with Gasteiger partial charge in [-0.15, -0.1) is 10.2 Å². The third kappa shape index (κ3) is 5.15. The van der Waals surface area contributed by atoms with Crippen LogP contribution in [0.4, 0.5) is 0 Å². The quantitative estimate of drug-likeness (QED) is 0.323. The molecular weight excluding hydrogens is 463 g/mol. The number of benzene rings is 3. The number of carbonyl (C=O) groups excluding carboxylic acids is 1. The van der Waals surface area contributed by atoms with E-state index < -0.39 is 0 Å². The van der Waals surface area contributed by atoms with E-state index in [0.29, 0.717) is 38.0 Å². The molecule has 5 nitrogen and oxygen atoms in total. The Balaban J connectivity index is 1.63. The lowest BCUT2D eigenvalue weighted by molar-refractivity contribution is 0.0949. The Morgan fingerprint density at radius 1 is 1.00 bits per heavy atom. The molecule has 0 spiro atoms. The van der Waals surface area contributed by atoms with Crippen molar-refractivity contribution in [3.05, 3.63) is 105 Å². The van der Waals surface area contributed by atoms with E-state index in [0.717, 1.165) is 5.56 Å². The van der Waals surface area contributed by atoms with Crippen LogP contribution in [0.3, 0.4) is 0 Å². The van der Waals surface area contributed by atoms with Gasteiger partial charge in [-0.05, 0) is 42.3 Å². The summed E-state index contributed by atoms with van der Waals surface area (Å²) in [6.07, 6.45) is 0. The third-order valence-electron chi connectivity index (χ3n) is 4.86. The topological polar surface area (TPSA) is 59.8 Å². The Kier molecular flexibility index (Phi) is 7.15. The minimum Gasteiger partial charge on any atom is -0.345 e. The molecule has 1 N–H and O–H groups in total. The molecule has 0 aliphatic rings. The molecule has 0 bridgehead atoms. The fourth-order valence-electron chi connectivity index (χ4n) is 3.21. The molecule has 1 aromatic heterocycles. The highest BCUT2D eigenvalue weighted by atomic mass is 35.5. The molecule has 0 saturated heterocycles. The molecule has 0 saturated carbocycles. The van der Waals surface area contributed by atoms with Gasteiger partial charge in [0.2, 0.25) is 0 Å². The van der Waals surface area contributed by atoms with Crippen molar-refractivity contribution in [3.8, 4) is 5.69 Å². The van der Waals surface area contributed by atoms with Crippen molar-refractivity contribution in [1.82, 2.24) is 20.1 Å². The van der Waals surface area contributed by atoms with E-state index >= 15 is 0 Å². The standard InChI is InChI=1S/C24H20Cl2N4OS/c1-16-7-5-6-10-19(16)23(31)27-14-22-28-29-24(32-15-17-8-3-2-4-9-17)30(22)21-13-18(25)11-12-20(21)26/h2-13H,14-15H2,1H3,(H,27,31). The fraction of sp³-hybridized carbons (Fsp3) is 0.125. The Morgan fingerprint density at radius 3 is 2.53 bits per heavy atom. The lowest BCUT2D eigenvalue weighted by Gasteiger charge is -2.13. The number of aryl methyl sites for hydroxylation is 1. The van der Waals surface area contributed by atoms with Crippen molar-refractivity contribution in [1.29, 1.82) is 0 Å². The average molecular weight is 483 g/mol. The average Bonchev–Trinajstić information content (AvgIpc) is 3.21. The van der Waals surface area contributed by atoms with Crippen molar-refractivity contribution >= 4 is 40.9 Å². The Labute approximate surface area is 200 Å². The Bertz CT molecular complexity index is 1240. The van der Waals surface area contributed by atoms with Gasteiger partial charge >= 0.3 is 0 Å². The van der Waals surface area contributed by atoms with Crippen LogP contribution in [0.5, 0.6) is 0 Å². The van der Waals surface area contributed by atoms with E-state index in [1.165, 1.54) is 17.3 Å². The highest BCUT2D eigenvalue weighted by Gasteiger charge is 2.18. The first kappa shape index (κ1) is 22.4. The van der Waals surface area contributed by atoms with Crippen LogP contribution in [0, 0.1) is 6.92 Å². The molecule has 0 aliphatic heterocycles. The van der Waals surface area contributed by atoms with Crippen LogP contribution in [-0.4, -0.2) is 20.7 Å². The SMILES string of the molecule is Cc1ccccc1C(=O)NCc1nnc(SCc2ccccc2)n1-c1cc(Cl)ccc1Cl. The van der Waals surface area contributed by atoms with Crippen molar-refractivity contribution < 1.29 is 4.79 Å². The van der Waals surface area contributed by atoms with Crippen molar-refractivity contribution in [2.24, 2.45) is 0 Å². The van der Waals surface area contributed by atoms with E-state index in [1.54, 1.807) is 24.3 Å². The fourth-order valence-corrected chi connectivity index (χ4v) is 4.50. The minimum atomic E-state index is -0.173. The smallest absolute Gasteiger partial charge is 0.251 e. The normalized spacial score (nSPS) is 10.8. The molecule has 4 rings (SSSR count). The number of hydrogen-bond donors (Lipinski definition) is 1. The predicted molar refractivity (Wildman–Crippen MR) is 130 cm³/mol. The summed E-state index contributed by atoms with van der Waals surface area (Å²) in [5.74, 6) is 1.10. The maximum Gasteiger partial charge on any atom is 0.251 e. The van der Waals surface area contributed by atoms with Gasteiger partial charge < -0.3 is 5.32 Å². The third-order valence-corrected chi connectivity index (χ3v) is 6.41. The lowest BCUT2D eigenvalue weighted by atomic mass is 10.1. The van der Waals surface area contributed by atoms with E-state index in [4.69, 9.17) is 23.2 Å². The Hall–Kier alpha value is -2.80. The molecule has 0 fully saturated rings. The summed E-state index contributed by atoms with van der Waals surface area (Å²) in [7, 11) is 0. The van der Waals surface area contributed by atoms with E-state index in [9.17, 15) is 4.79 Å². The number of amides is 1. The number of carbonyl (C=O) groups is 1. The van der Waals surface area contributed by atoms with E-state index in [1.807, 2.05) is 47.9 Å². The number of nitrogens with one attached hydrogen (secondary N) is 1. The first-order chi connectivity index (χ1) is 15.5. The largest absolute Gasteiger partial charge is 0.345 e. The van der Waals surface area contributed by atoms with Gasteiger partial charge in [-0.3, -0.25) is 9.36 Å². The molecular formula is C24H20Cl2N4OS. The molecule has 0 aliphatic carbocycles. The second kappa shape index (κ2) is 10.2. The molecule has 8 heteroatoms. The van der Waals surface area contributed by atoms with Crippen LogP contribution in [-0.2, 0) is 12.3 Å². The summed E-state index contributed by atoms with van der Waals surface area (Å²) < 4.78 is 1.85. The van der Waals surface area contributed by atoms with Crippen molar-refractivity contribution in [2.75, 3.05) is 0 Å². The molecule has 0 atom stereocenters. The second-order valence-electron chi connectivity index (χ2n) is 7.10. The van der Waals surface area contributed by atoms with Gasteiger partial charge in [-0.1, -0.05) is 83.5 Å². The second-order valence-corrected chi connectivity index (χ2v) is 8.89. The van der Waals surface area contributed by atoms with Gasteiger partial charge in [-0.2, -0.15) is 0 Å². The first-order valence-electron chi connectivity index (χ1n) is 9.93. The molecule has 32 heavy (non-hydrogen) atoms. The maximum absolute atomic E-state index is 12.7. The molecule has 162 valence electrons. The van der Waals surface area contributed by atoms with Gasteiger partial charge in [0.15, 0.2) is 11.0 Å². The van der Waals surface area contributed by atoms with Gasteiger partial charge in [0.05, 0.1) is 17.3 Å². The number of hydrogen-bond acceptors (Lipinski definition) is 4. The van der Waals surface area contributed by atoms with E-state index in [-0.39, 0.29) is 12.5 Å². The summed E-state index contributed by atoms with van der Waals surface area (Å²) in [5, 5.41) is 13.4. The van der Waals surface area contributed by atoms with Crippen molar-refractivity contribution in [3.63, 3.8) is 0 Å². The van der Waals surface area contributed by atoms with Gasteiger partial charge in [0.25, 0.3) is 5.91 Å². The summed E-state index contributed by atoms with van der Waals surface area (Å²) in [5.41, 5.74) is 3.36. The predicted octanol–water partition coefficient (Wildman–Crippen LogP) is 6.10. The zero-order chi connectivity index (χ0) is 22.5. The van der Waals surface area contributed by atoms with Crippen LogP contribution in [0.1, 0.15) is 27.3 Å². The number of nitrogens with zero attached hydrogens (tertiary/aromatic N) is 3. The van der Waals surface area contributed by atoms with Crippen LogP contribution in [0.15, 0.2) is 78.0 Å². The zero-order valence-electron chi connectivity index (χ0n) is 17.3. The molecule has 0 unspecified atom stereocenters. The van der Waals surface area contributed by atoms with Gasteiger partial charge in [-0.25, -0.2) is 0 Å². The Morgan fingerprint density at radius 2 is 1.75 bits per heavy atom. The molecule has 1 amide bonds. The van der Waals surface area contributed by atoms with Gasteiger partial charge in [0.1, 0.15) is 0 Å². The maximum atomic E-state index is 12.7. The number of halogens is 2. The van der Waals surface area contributed by atoms with Crippen LogP contribution in [0.25, 0.3) is 5.69 Å². The highest BCUT2D eigenvalue weighted by Crippen LogP contribution is 2.31. The van der Waals surface area contributed by atoms with Crippen LogP contribution < -0.4 is 5.32 Å². The first-order valence-corrected chi connectivity index (χ1v) is 11.7. The number of rotatable bonds is 7. The molecule has 1 heterocycles. The molecule has 4 aromatic rings. The minimum absolute atomic E-state index is 0.173. The zero-order valence-corrected chi connectivity index (χ0v) is 19.6. The molecule has 3 aromatic carbocycles. The number of thioether (sulfide) groups is 1. The summed E-state index contributed by atoms with van der Waals surface area (Å²) >= 11 is 14.3.